The average molecular weight is 267 g/mol. The maximum atomic E-state index is 12.0. The molecule has 0 fully saturated rings. The van der Waals surface area contributed by atoms with Crippen LogP contribution in [0.25, 0.3) is 0 Å². The van der Waals surface area contributed by atoms with Gasteiger partial charge in [0.1, 0.15) is 0 Å². The monoisotopic (exact) mass is 267 g/mol. The molecule has 1 rings (SSSR count). The first-order valence-electron chi connectivity index (χ1n) is 4.84. The van der Waals surface area contributed by atoms with Crippen molar-refractivity contribution in [2.24, 2.45) is 0 Å². The van der Waals surface area contributed by atoms with Crippen molar-refractivity contribution in [2.45, 2.75) is 18.9 Å². The Balaban J connectivity index is 2.58. The number of rotatable bonds is 4. The fourth-order valence-corrected chi connectivity index (χ4v) is 1.83. The molecule has 96 valence electrons. The van der Waals surface area contributed by atoms with Crippen LogP contribution in [0.2, 0.25) is 0 Å². The molecule has 0 aliphatic carbocycles. The molecule has 17 heavy (non-hydrogen) atoms. The Morgan fingerprint density at radius 2 is 1.82 bits per heavy atom. The van der Waals surface area contributed by atoms with Crippen molar-refractivity contribution >= 4 is 10.0 Å². The summed E-state index contributed by atoms with van der Waals surface area (Å²) in [6.07, 6.45) is 0.224. The molecule has 0 heterocycles. The van der Waals surface area contributed by atoms with Crippen LogP contribution < -0.4 is 4.72 Å². The Morgan fingerprint density at radius 3 is 2.35 bits per heavy atom. The number of sulfonamides is 1. The molecule has 0 aliphatic heterocycles. The Morgan fingerprint density at radius 1 is 1.24 bits per heavy atom. The first-order valence-corrected chi connectivity index (χ1v) is 6.33. The molecule has 0 unspecified atom stereocenters. The molecule has 1 N–H and O–H groups in total. The summed E-state index contributed by atoms with van der Waals surface area (Å²) in [5, 5.41) is 0. The first-order chi connectivity index (χ1) is 7.74. The Bertz CT molecular complexity index is 483. The predicted octanol–water partition coefficient (Wildman–Crippen LogP) is 1.98. The highest BCUT2D eigenvalue weighted by molar-refractivity contribution is 7.90. The van der Waals surface area contributed by atoms with Crippen LogP contribution in [0.1, 0.15) is 11.1 Å². The third-order valence-electron chi connectivity index (χ3n) is 2.25. The van der Waals surface area contributed by atoms with Gasteiger partial charge in [-0.15, -0.1) is 0 Å². The second-order valence-electron chi connectivity index (χ2n) is 3.52. The minimum Gasteiger partial charge on any atom is -0.207 e. The van der Waals surface area contributed by atoms with Crippen LogP contribution in [0.4, 0.5) is 13.2 Å². The number of nitrogens with one attached hydrogen (secondary N) is 1. The largest absolute Gasteiger partial charge is 0.511 e. The third kappa shape index (κ3) is 3.71. The molecule has 0 saturated carbocycles. The Kier molecular flexibility index (Phi) is 4.16. The van der Waals surface area contributed by atoms with Crippen molar-refractivity contribution < 1.29 is 21.6 Å². The molecular weight excluding hydrogens is 255 g/mol. The molecule has 1 aromatic carbocycles. The first kappa shape index (κ1) is 14.0. The highest BCUT2D eigenvalue weighted by Crippen LogP contribution is 2.21. The molecule has 0 saturated heterocycles. The van der Waals surface area contributed by atoms with E-state index in [2.05, 4.69) is 0 Å². The van der Waals surface area contributed by atoms with Gasteiger partial charge in [0.2, 0.25) is 0 Å². The highest BCUT2D eigenvalue weighted by Gasteiger charge is 2.45. The van der Waals surface area contributed by atoms with Crippen LogP contribution in [-0.4, -0.2) is 20.5 Å². The van der Waals surface area contributed by atoms with E-state index >= 15 is 0 Å². The lowest BCUT2D eigenvalue weighted by atomic mass is 10.1. The number of alkyl halides is 3. The SMILES string of the molecule is Cc1ccccc1CCNS(=O)(=O)C(F)(F)F. The van der Waals surface area contributed by atoms with E-state index in [1.807, 2.05) is 13.0 Å². The van der Waals surface area contributed by atoms with Crippen LogP contribution in [0.3, 0.4) is 0 Å². The number of aryl methyl sites for hydroxylation is 1. The van der Waals surface area contributed by atoms with Crippen molar-refractivity contribution in [1.82, 2.24) is 4.72 Å². The summed E-state index contributed by atoms with van der Waals surface area (Å²) in [4.78, 5) is 0. The van der Waals surface area contributed by atoms with E-state index in [9.17, 15) is 21.6 Å². The van der Waals surface area contributed by atoms with Crippen LogP contribution >= 0.6 is 0 Å². The summed E-state index contributed by atoms with van der Waals surface area (Å²) in [5.74, 6) is 0. The number of benzene rings is 1. The molecule has 0 radical (unpaired) electrons. The molecule has 0 spiro atoms. The molecular formula is C10H12F3NO2S. The molecule has 7 heteroatoms. The van der Waals surface area contributed by atoms with E-state index in [1.54, 1.807) is 18.2 Å². The highest BCUT2D eigenvalue weighted by atomic mass is 32.2. The van der Waals surface area contributed by atoms with Gasteiger partial charge in [0.15, 0.2) is 0 Å². The van der Waals surface area contributed by atoms with Crippen molar-refractivity contribution in [2.75, 3.05) is 6.54 Å². The van der Waals surface area contributed by atoms with Crippen molar-refractivity contribution in [3.05, 3.63) is 35.4 Å². The summed E-state index contributed by atoms with van der Waals surface area (Å²) in [6, 6.07) is 7.12. The van der Waals surface area contributed by atoms with E-state index < -0.39 is 15.5 Å². The van der Waals surface area contributed by atoms with E-state index in [-0.39, 0.29) is 13.0 Å². The normalized spacial score (nSPS) is 12.7. The Labute approximate surface area is 97.7 Å². The van der Waals surface area contributed by atoms with E-state index in [0.29, 0.717) is 0 Å². The van der Waals surface area contributed by atoms with Gasteiger partial charge in [-0.25, -0.2) is 13.1 Å². The zero-order valence-electron chi connectivity index (χ0n) is 9.08. The quantitative estimate of drug-likeness (QED) is 0.906. The second-order valence-corrected chi connectivity index (χ2v) is 5.28. The topological polar surface area (TPSA) is 46.2 Å². The molecule has 0 amide bonds. The standard InChI is InChI=1S/C10H12F3NO2S/c1-8-4-2-3-5-9(8)6-7-14-17(15,16)10(11,12)13/h2-5,14H,6-7H2,1H3. The van der Waals surface area contributed by atoms with Gasteiger partial charge in [-0.05, 0) is 24.5 Å². The maximum Gasteiger partial charge on any atom is 0.511 e. The van der Waals surface area contributed by atoms with Gasteiger partial charge in [0, 0.05) is 6.54 Å². The number of hydrogen-bond donors (Lipinski definition) is 1. The summed E-state index contributed by atoms with van der Waals surface area (Å²) in [6.45, 7) is 1.54. The van der Waals surface area contributed by atoms with E-state index in [4.69, 9.17) is 0 Å². The van der Waals surface area contributed by atoms with Crippen molar-refractivity contribution in [3.63, 3.8) is 0 Å². The molecule has 3 nitrogen and oxygen atoms in total. The predicted molar refractivity (Wildman–Crippen MR) is 57.9 cm³/mol. The number of halogens is 3. The van der Waals surface area contributed by atoms with Gasteiger partial charge in [0.25, 0.3) is 0 Å². The lowest BCUT2D eigenvalue weighted by Gasteiger charge is -2.10. The van der Waals surface area contributed by atoms with Gasteiger partial charge in [-0.1, -0.05) is 24.3 Å². The lowest BCUT2D eigenvalue weighted by molar-refractivity contribution is -0.0447. The molecule has 0 aromatic heterocycles. The van der Waals surface area contributed by atoms with Gasteiger partial charge in [-0.2, -0.15) is 13.2 Å². The van der Waals surface area contributed by atoms with Gasteiger partial charge in [-0.3, -0.25) is 0 Å². The fraction of sp³-hybridized carbons (Fsp3) is 0.400. The Hall–Kier alpha value is -1.08. The molecule has 0 atom stereocenters. The van der Waals surface area contributed by atoms with Crippen LogP contribution in [0.15, 0.2) is 24.3 Å². The summed E-state index contributed by atoms with van der Waals surface area (Å²) >= 11 is 0. The second kappa shape index (κ2) is 5.05. The minimum absolute atomic E-state index is 0.224. The molecule has 1 aromatic rings. The van der Waals surface area contributed by atoms with E-state index in [1.165, 1.54) is 4.72 Å². The number of hydrogen-bond acceptors (Lipinski definition) is 2. The van der Waals surface area contributed by atoms with Crippen LogP contribution in [0.5, 0.6) is 0 Å². The van der Waals surface area contributed by atoms with Crippen LogP contribution in [0, 0.1) is 6.92 Å². The van der Waals surface area contributed by atoms with Crippen molar-refractivity contribution in [3.8, 4) is 0 Å². The van der Waals surface area contributed by atoms with Gasteiger partial charge >= 0.3 is 15.5 Å². The zero-order chi connectivity index (χ0) is 13.1. The average Bonchev–Trinajstić information content (AvgIpc) is 2.19. The lowest BCUT2D eigenvalue weighted by Crippen LogP contribution is -2.37. The van der Waals surface area contributed by atoms with Gasteiger partial charge in [0.05, 0.1) is 0 Å². The van der Waals surface area contributed by atoms with E-state index in [0.717, 1.165) is 11.1 Å². The third-order valence-corrected chi connectivity index (χ3v) is 3.45. The van der Waals surface area contributed by atoms with Crippen molar-refractivity contribution in [1.29, 1.82) is 0 Å². The van der Waals surface area contributed by atoms with Crippen LogP contribution in [-0.2, 0) is 16.4 Å². The minimum atomic E-state index is -5.25. The summed E-state index contributed by atoms with van der Waals surface area (Å²) < 4.78 is 58.9. The summed E-state index contributed by atoms with van der Waals surface area (Å²) in [7, 11) is -5.23. The molecule has 0 bridgehead atoms. The zero-order valence-corrected chi connectivity index (χ0v) is 9.90. The summed E-state index contributed by atoms with van der Waals surface area (Å²) in [5.41, 5.74) is -3.52. The molecule has 0 aliphatic rings. The van der Waals surface area contributed by atoms with Gasteiger partial charge < -0.3 is 0 Å². The fourth-order valence-electron chi connectivity index (χ4n) is 1.29. The smallest absolute Gasteiger partial charge is 0.207 e. The maximum absolute atomic E-state index is 12.0.